The van der Waals surface area contributed by atoms with Gasteiger partial charge in [-0.15, -0.1) is 0 Å². The molecule has 2 rings (SSSR count). The summed E-state index contributed by atoms with van der Waals surface area (Å²) in [4.78, 5) is 12.4. The lowest BCUT2D eigenvalue weighted by Crippen LogP contribution is -2.06. The Bertz CT molecular complexity index is 609. The van der Waals surface area contributed by atoms with Crippen LogP contribution in [0.15, 0.2) is 40.9 Å². The van der Waals surface area contributed by atoms with E-state index in [1.54, 1.807) is 0 Å². The largest absolute Gasteiger partial charge is 0.294 e. The van der Waals surface area contributed by atoms with Gasteiger partial charge in [0.25, 0.3) is 0 Å². The maximum absolute atomic E-state index is 12.4. The molecule has 98 valence electrons. The second-order valence-electron chi connectivity index (χ2n) is 5.01. The van der Waals surface area contributed by atoms with E-state index in [1.165, 1.54) is 11.1 Å². The summed E-state index contributed by atoms with van der Waals surface area (Å²) in [5.41, 5.74) is 5.30. The zero-order chi connectivity index (χ0) is 14.0. The van der Waals surface area contributed by atoms with Crippen molar-refractivity contribution in [1.29, 1.82) is 0 Å². The third-order valence-corrected chi connectivity index (χ3v) is 4.07. The van der Waals surface area contributed by atoms with Crippen LogP contribution in [0.3, 0.4) is 0 Å². The average molecular weight is 317 g/mol. The van der Waals surface area contributed by atoms with Gasteiger partial charge >= 0.3 is 0 Å². The van der Waals surface area contributed by atoms with Gasteiger partial charge in [-0.25, -0.2) is 0 Å². The molecule has 0 saturated heterocycles. The summed E-state index contributed by atoms with van der Waals surface area (Å²) in [6.45, 7) is 6.09. The smallest absolute Gasteiger partial charge is 0.167 e. The maximum atomic E-state index is 12.4. The number of halogens is 1. The van der Waals surface area contributed by atoms with Gasteiger partial charge in [0.15, 0.2) is 5.78 Å². The zero-order valence-corrected chi connectivity index (χ0v) is 13.0. The van der Waals surface area contributed by atoms with Gasteiger partial charge in [-0.1, -0.05) is 57.4 Å². The van der Waals surface area contributed by atoms with E-state index in [2.05, 4.69) is 48.0 Å². The SMILES string of the molecule is Cc1cc(C)cc(CC(=O)c2cccc(Br)c2C)c1. The highest BCUT2D eigenvalue weighted by molar-refractivity contribution is 9.10. The molecule has 0 aromatic heterocycles. The summed E-state index contributed by atoms with van der Waals surface area (Å²) in [5, 5.41) is 0. The highest BCUT2D eigenvalue weighted by atomic mass is 79.9. The lowest BCUT2D eigenvalue weighted by Gasteiger charge is -2.08. The molecule has 0 aliphatic rings. The van der Waals surface area contributed by atoms with Crippen LogP contribution < -0.4 is 0 Å². The van der Waals surface area contributed by atoms with Crippen molar-refractivity contribution in [2.45, 2.75) is 27.2 Å². The van der Waals surface area contributed by atoms with E-state index in [0.29, 0.717) is 6.42 Å². The van der Waals surface area contributed by atoms with Gasteiger partial charge in [0, 0.05) is 16.5 Å². The molecule has 0 bridgehead atoms. The normalized spacial score (nSPS) is 10.5. The summed E-state index contributed by atoms with van der Waals surface area (Å²) in [6, 6.07) is 12.1. The third-order valence-electron chi connectivity index (χ3n) is 3.21. The molecule has 0 unspecified atom stereocenters. The number of Topliss-reactive ketones (excluding diaryl/α,β-unsaturated/α-hetero) is 1. The number of carbonyl (C=O) groups is 1. The molecular weight excluding hydrogens is 300 g/mol. The zero-order valence-electron chi connectivity index (χ0n) is 11.5. The Morgan fingerprint density at radius 2 is 1.68 bits per heavy atom. The number of hydrogen-bond donors (Lipinski definition) is 0. The van der Waals surface area contributed by atoms with Crippen LogP contribution in [0.25, 0.3) is 0 Å². The molecule has 0 amide bonds. The van der Waals surface area contributed by atoms with Crippen molar-refractivity contribution in [1.82, 2.24) is 0 Å². The number of benzene rings is 2. The van der Waals surface area contributed by atoms with E-state index < -0.39 is 0 Å². The van der Waals surface area contributed by atoms with Gasteiger partial charge in [-0.3, -0.25) is 4.79 Å². The van der Waals surface area contributed by atoms with Crippen LogP contribution in [0.1, 0.15) is 32.6 Å². The standard InChI is InChI=1S/C17H17BrO/c1-11-7-12(2)9-14(8-11)10-17(19)15-5-4-6-16(18)13(15)3/h4-9H,10H2,1-3H3. The van der Waals surface area contributed by atoms with Crippen LogP contribution in [-0.2, 0) is 6.42 Å². The van der Waals surface area contributed by atoms with Gasteiger partial charge in [-0.05, 0) is 38.0 Å². The molecule has 1 nitrogen and oxygen atoms in total. The predicted octanol–water partition coefficient (Wildman–Crippen LogP) is 4.80. The minimum absolute atomic E-state index is 0.170. The first-order chi connectivity index (χ1) is 8.97. The molecule has 0 aliphatic heterocycles. The fourth-order valence-electron chi connectivity index (χ4n) is 2.36. The first-order valence-corrected chi connectivity index (χ1v) is 7.12. The first-order valence-electron chi connectivity index (χ1n) is 6.33. The second kappa shape index (κ2) is 5.70. The Kier molecular flexibility index (Phi) is 4.20. The number of hydrogen-bond acceptors (Lipinski definition) is 1. The summed E-state index contributed by atoms with van der Waals surface area (Å²) in [6.07, 6.45) is 0.458. The molecule has 2 aromatic carbocycles. The van der Waals surface area contributed by atoms with Crippen molar-refractivity contribution >= 4 is 21.7 Å². The number of rotatable bonds is 3. The van der Waals surface area contributed by atoms with Crippen LogP contribution in [0.4, 0.5) is 0 Å². The molecule has 0 spiro atoms. The molecule has 0 N–H and O–H groups in total. The lowest BCUT2D eigenvalue weighted by atomic mass is 9.97. The highest BCUT2D eigenvalue weighted by Crippen LogP contribution is 2.21. The Morgan fingerprint density at radius 1 is 1.05 bits per heavy atom. The van der Waals surface area contributed by atoms with E-state index >= 15 is 0 Å². The van der Waals surface area contributed by atoms with Crippen LogP contribution in [0, 0.1) is 20.8 Å². The first kappa shape index (κ1) is 14.0. The Morgan fingerprint density at radius 3 is 2.32 bits per heavy atom. The summed E-state index contributed by atoms with van der Waals surface area (Å²) in [5.74, 6) is 0.170. The van der Waals surface area contributed by atoms with Crippen molar-refractivity contribution in [3.63, 3.8) is 0 Å². The third kappa shape index (κ3) is 3.32. The van der Waals surface area contributed by atoms with Crippen LogP contribution in [0.2, 0.25) is 0 Å². The summed E-state index contributed by atoms with van der Waals surface area (Å²) < 4.78 is 0.985. The topological polar surface area (TPSA) is 17.1 Å². The van der Waals surface area contributed by atoms with E-state index in [4.69, 9.17) is 0 Å². The molecule has 0 saturated carbocycles. The Hall–Kier alpha value is -1.41. The van der Waals surface area contributed by atoms with Crippen LogP contribution >= 0.6 is 15.9 Å². The van der Waals surface area contributed by atoms with Crippen molar-refractivity contribution < 1.29 is 4.79 Å². The van der Waals surface area contributed by atoms with E-state index in [-0.39, 0.29) is 5.78 Å². The minimum Gasteiger partial charge on any atom is -0.294 e. The Balaban J connectivity index is 2.28. The quantitative estimate of drug-likeness (QED) is 0.743. The van der Waals surface area contributed by atoms with Gasteiger partial charge < -0.3 is 0 Å². The highest BCUT2D eigenvalue weighted by Gasteiger charge is 2.11. The molecule has 2 aromatic rings. The fourth-order valence-corrected chi connectivity index (χ4v) is 2.73. The molecule has 0 atom stereocenters. The van der Waals surface area contributed by atoms with Crippen molar-refractivity contribution in [2.75, 3.05) is 0 Å². The molecule has 0 radical (unpaired) electrons. The summed E-state index contributed by atoms with van der Waals surface area (Å²) in [7, 11) is 0. The van der Waals surface area contributed by atoms with Crippen molar-refractivity contribution in [3.05, 3.63) is 68.7 Å². The van der Waals surface area contributed by atoms with Crippen molar-refractivity contribution in [3.8, 4) is 0 Å². The number of carbonyl (C=O) groups excluding carboxylic acids is 1. The monoisotopic (exact) mass is 316 g/mol. The maximum Gasteiger partial charge on any atom is 0.167 e. The molecule has 0 fully saturated rings. The average Bonchev–Trinajstić information content (AvgIpc) is 2.31. The second-order valence-corrected chi connectivity index (χ2v) is 5.86. The molecule has 0 aliphatic carbocycles. The molecular formula is C17H17BrO. The number of ketones is 1. The van der Waals surface area contributed by atoms with Gasteiger partial charge in [0.05, 0.1) is 0 Å². The summed E-state index contributed by atoms with van der Waals surface area (Å²) >= 11 is 3.47. The van der Waals surface area contributed by atoms with E-state index in [0.717, 1.165) is 21.2 Å². The van der Waals surface area contributed by atoms with Crippen LogP contribution in [0.5, 0.6) is 0 Å². The minimum atomic E-state index is 0.170. The molecule has 2 heteroatoms. The lowest BCUT2D eigenvalue weighted by molar-refractivity contribution is 0.0992. The number of aryl methyl sites for hydroxylation is 2. The van der Waals surface area contributed by atoms with Crippen molar-refractivity contribution in [2.24, 2.45) is 0 Å². The van der Waals surface area contributed by atoms with Gasteiger partial charge in [-0.2, -0.15) is 0 Å². The van der Waals surface area contributed by atoms with Crippen LogP contribution in [-0.4, -0.2) is 5.78 Å². The van der Waals surface area contributed by atoms with Gasteiger partial charge in [0.1, 0.15) is 0 Å². The van der Waals surface area contributed by atoms with E-state index in [9.17, 15) is 4.79 Å². The Labute approximate surface area is 122 Å². The molecule has 0 heterocycles. The molecule has 19 heavy (non-hydrogen) atoms. The van der Waals surface area contributed by atoms with E-state index in [1.807, 2.05) is 25.1 Å². The fraction of sp³-hybridized carbons (Fsp3) is 0.235. The van der Waals surface area contributed by atoms with Gasteiger partial charge in [0.2, 0.25) is 0 Å². The predicted molar refractivity (Wildman–Crippen MR) is 82.8 cm³/mol.